The normalized spacial score (nSPS) is 19.9. The van der Waals surface area contributed by atoms with Gasteiger partial charge >= 0.3 is 0 Å². The van der Waals surface area contributed by atoms with Gasteiger partial charge in [0.1, 0.15) is 6.20 Å². The number of benzene rings is 1. The number of hydrogen-bond donors (Lipinski definition) is 1. The molecule has 1 fully saturated rings. The summed E-state index contributed by atoms with van der Waals surface area (Å²) in [4.78, 5) is 18.9. The molecule has 9 heteroatoms. The monoisotopic (exact) mass is 448 g/mol. The maximum atomic E-state index is 13.4. The van der Waals surface area contributed by atoms with Crippen molar-refractivity contribution < 1.29 is 13.4 Å². The van der Waals surface area contributed by atoms with Crippen LogP contribution in [0.2, 0.25) is 0 Å². The lowest BCUT2D eigenvalue weighted by molar-refractivity contribution is -0.345. The number of rotatable bonds is 3. The summed E-state index contributed by atoms with van der Waals surface area (Å²) in [6, 6.07) is 11.4. The molecule has 1 aliphatic heterocycles. The molecule has 1 saturated heterocycles. The van der Waals surface area contributed by atoms with Gasteiger partial charge in [-0.15, -0.1) is 0 Å². The molecule has 4 heterocycles. The van der Waals surface area contributed by atoms with E-state index in [1.54, 1.807) is 24.5 Å². The predicted octanol–water partition coefficient (Wildman–Crippen LogP) is 2.44. The van der Waals surface area contributed by atoms with Gasteiger partial charge in [-0.2, -0.15) is 9.57 Å². The topological polar surface area (TPSA) is 113 Å². The highest BCUT2D eigenvalue weighted by molar-refractivity contribution is 7.89. The third-order valence-electron chi connectivity index (χ3n) is 6.37. The lowest BCUT2D eigenvalue weighted by Crippen LogP contribution is -2.44. The Bertz CT molecular complexity index is 1550. The van der Waals surface area contributed by atoms with Gasteiger partial charge in [-0.25, -0.2) is 18.4 Å². The van der Waals surface area contributed by atoms with Crippen molar-refractivity contribution in [3.05, 3.63) is 70.8 Å². The van der Waals surface area contributed by atoms with E-state index in [1.807, 2.05) is 22.9 Å². The number of nitriles is 1. The number of aromatic amines is 2. The number of nitrogens with zero attached hydrogens (tertiary/aromatic N) is 3. The number of piperidine rings is 1. The minimum absolute atomic E-state index is 0.0862. The first kappa shape index (κ1) is 20.4. The van der Waals surface area contributed by atoms with E-state index in [1.165, 1.54) is 22.5 Å². The number of fused-ring (bicyclic) bond motifs is 3. The molecule has 0 bridgehead atoms. The van der Waals surface area contributed by atoms with Crippen LogP contribution < -0.4 is 10.4 Å². The number of aromatic nitrogens is 3. The van der Waals surface area contributed by atoms with Crippen molar-refractivity contribution in [1.82, 2.24) is 13.9 Å². The predicted molar refractivity (Wildman–Crippen MR) is 119 cm³/mol. The SMILES string of the molecule is C[C@@H]1CCN(S(=O)(=O)c2cccc(C#N)c2)C[C@@H]1n1ccc(=O)c2c[nH+]c3[nH]ccc3c21. The smallest absolute Gasteiger partial charge is 0.286 e. The van der Waals surface area contributed by atoms with Crippen LogP contribution in [0.15, 0.2) is 64.7 Å². The Morgan fingerprint density at radius 2 is 2.06 bits per heavy atom. The molecular formula is C23H22N5O3S+. The van der Waals surface area contributed by atoms with E-state index < -0.39 is 10.0 Å². The van der Waals surface area contributed by atoms with Gasteiger partial charge in [0.25, 0.3) is 5.65 Å². The Morgan fingerprint density at radius 3 is 2.88 bits per heavy atom. The number of H-pyrrole nitrogens is 2. The largest absolute Gasteiger partial charge is 0.342 e. The minimum atomic E-state index is -3.76. The van der Waals surface area contributed by atoms with E-state index in [4.69, 9.17) is 5.26 Å². The van der Waals surface area contributed by atoms with Gasteiger partial charge in [-0.05, 0) is 36.6 Å². The molecule has 5 rings (SSSR count). The molecule has 0 spiro atoms. The van der Waals surface area contributed by atoms with Crippen LogP contribution in [-0.4, -0.2) is 35.4 Å². The summed E-state index contributed by atoms with van der Waals surface area (Å²) in [5.74, 6) is 0.204. The molecule has 8 nitrogen and oxygen atoms in total. The van der Waals surface area contributed by atoms with Gasteiger partial charge in [0, 0.05) is 25.4 Å². The standard InChI is InChI=1S/C23H21N5O3S/c1-15-6-9-27(32(30,31)17-4-2-3-16(11-17)12-24)14-20(15)28-10-7-21(29)19-13-26-23-18(22(19)28)5-8-25-23/h2-5,7-8,10-11,13,15,20H,6,9,14H2,1H3,(H,25,26)/p+1/t15-,20+/m1/s1. The van der Waals surface area contributed by atoms with Crippen molar-refractivity contribution in [2.24, 2.45) is 5.92 Å². The first-order valence-corrected chi connectivity index (χ1v) is 11.9. The molecule has 3 aromatic heterocycles. The summed E-state index contributed by atoms with van der Waals surface area (Å²) in [7, 11) is -3.76. The Morgan fingerprint density at radius 1 is 1.22 bits per heavy atom. The second-order valence-corrected chi connectivity index (χ2v) is 10.2. The summed E-state index contributed by atoms with van der Waals surface area (Å²) in [5.41, 5.74) is 1.82. The van der Waals surface area contributed by atoms with Crippen LogP contribution in [-0.2, 0) is 10.0 Å². The highest BCUT2D eigenvalue weighted by Crippen LogP contribution is 2.34. The second kappa shape index (κ2) is 7.58. The van der Waals surface area contributed by atoms with Gasteiger partial charge in [-0.1, -0.05) is 13.0 Å². The zero-order valence-corrected chi connectivity index (χ0v) is 18.3. The number of sulfonamides is 1. The van der Waals surface area contributed by atoms with Gasteiger partial charge in [0.2, 0.25) is 10.0 Å². The van der Waals surface area contributed by atoms with E-state index in [2.05, 4.69) is 16.9 Å². The average molecular weight is 449 g/mol. The van der Waals surface area contributed by atoms with Crippen LogP contribution in [0.4, 0.5) is 0 Å². The van der Waals surface area contributed by atoms with Crippen LogP contribution in [0.3, 0.4) is 0 Å². The molecule has 0 aliphatic carbocycles. The molecular weight excluding hydrogens is 426 g/mol. The Balaban J connectivity index is 1.61. The van der Waals surface area contributed by atoms with E-state index in [-0.39, 0.29) is 28.8 Å². The van der Waals surface area contributed by atoms with E-state index >= 15 is 0 Å². The summed E-state index contributed by atoms with van der Waals surface area (Å²) < 4.78 is 30.3. The molecule has 0 unspecified atom stereocenters. The van der Waals surface area contributed by atoms with Crippen molar-refractivity contribution >= 4 is 32.0 Å². The van der Waals surface area contributed by atoms with Crippen LogP contribution in [0, 0.1) is 17.2 Å². The lowest BCUT2D eigenvalue weighted by Gasteiger charge is -2.38. The van der Waals surface area contributed by atoms with Crippen molar-refractivity contribution in [1.29, 1.82) is 5.26 Å². The van der Waals surface area contributed by atoms with Crippen molar-refractivity contribution in [2.45, 2.75) is 24.3 Å². The van der Waals surface area contributed by atoms with Crippen LogP contribution in [0.1, 0.15) is 24.9 Å². The summed E-state index contributed by atoms with van der Waals surface area (Å²) in [6.07, 6.45) is 5.96. The highest BCUT2D eigenvalue weighted by atomic mass is 32.2. The van der Waals surface area contributed by atoms with Gasteiger partial charge < -0.3 is 4.57 Å². The van der Waals surface area contributed by atoms with E-state index in [9.17, 15) is 13.2 Å². The third-order valence-corrected chi connectivity index (χ3v) is 8.23. The fraction of sp³-hybridized carbons (Fsp3) is 0.261. The molecule has 0 saturated carbocycles. The fourth-order valence-electron chi connectivity index (χ4n) is 4.57. The average Bonchev–Trinajstić information content (AvgIpc) is 3.29. The van der Waals surface area contributed by atoms with Gasteiger partial charge in [0.05, 0.1) is 45.1 Å². The Kier molecular flexibility index (Phi) is 4.84. The van der Waals surface area contributed by atoms with Crippen LogP contribution in [0.5, 0.6) is 0 Å². The first-order chi connectivity index (χ1) is 15.4. The van der Waals surface area contributed by atoms with E-state index in [0.717, 1.165) is 16.6 Å². The highest BCUT2D eigenvalue weighted by Gasteiger charge is 2.35. The maximum absolute atomic E-state index is 13.4. The maximum Gasteiger partial charge on any atom is 0.286 e. The van der Waals surface area contributed by atoms with Gasteiger partial charge in [-0.3, -0.25) is 4.79 Å². The summed E-state index contributed by atoms with van der Waals surface area (Å²) in [6.45, 7) is 2.79. The molecule has 2 N–H and O–H groups in total. The molecule has 0 amide bonds. The van der Waals surface area contributed by atoms with Crippen LogP contribution in [0.25, 0.3) is 21.9 Å². The molecule has 32 heavy (non-hydrogen) atoms. The number of nitrogens with one attached hydrogen (secondary N) is 2. The second-order valence-electron chi connectivity index (χ2n) is 8.24. The number of hydrogen-bond acceptors (Lipinski definition) is 4. The summed E-state index contributed by atoms with van der Waals surface area (Å²) in [5, 5.41) is 10.6. The Hall–Kier alpha value is -3.48. The zero-order valence-electron chi connectivity index (χ0n) is 17.4. The van der Waals surface area contributed by atoms with Crippen LogP contribution >= 0.6 is 0 Å². The molecule has 4 aromatic rings. The van der Waals surface area contributed by atoms with Crippen molar-refractivity contribution in [3.63, 3.8) is 0 Å². The zero-order chi connectivity index (χ0) is 22.5. The first-order valence-electron chi connectivity index (χ1n) is 10.4. The third kappa shape index (κ3) is 3.20. The minimum Gasteiger partial charge on any atom is -0.342 e. The molecule has 1 aliphatic rings. The van der Waals surface area contributed by atoms with Crippen molar-refractivity contribution in [2.75, 3.05) is 13.1 Å². The Labute approximate surface area is 184 Å². The van der Waals surface area contributed by atoms with E-state index in [0.29, 0.717) is 23.9 Å². The molecule has 0 radical (unpaired) electrons. The molecule has 1 aromatic carbocycles. The summed E-state index contributed by atoms with van der Waals surface area (Å²) >= 11 is 0. The number of pyridine rings is 2. The fourth-order valence-corrected chi connectivity index (χ4v) is 6.09. The van der Waals surface area contributed by atoms with Gasteiger partial charge in [0.15, 0.2) is 5.43 Å². The molecule has 2 atom stereocenters. The lowest BCUT2D eigenvalue weighted by atomic mass is 9.94. The molecule has 162 valence electrons. The quantitative estimate of drug-likeness (QED) is 0.519. The van der Waals surface area contributed by atoms with Crippen molar-refractivity contribution in [3.8, 4) is 6.07 Å².